The van der Waals surface area contributed by atoms with Gasteiger partial charge in [-0.05, 0) is 12.8 Å². The van der Waals surface area contributed by atoms with Gasteiger partial charge in [-0.25, -0.2) is 0 Å². The van der Waals surface area contributed by atoms with Crippen LogP contribution in [0.3, 0.4) is 0 Å². The number of aromatic nitrogens is 4. The third-order valence-electron chi connectivity index (χ3n) is 3.23. The van der Waals surface area contributed by atoms with Crippen LogP contribution in [-0.4, -0.2) is 33.3 Å². The van der Waals surface area contributed by atoms with Gasteiger partial charge in [-0.15, -0.1) is 0 Å². The molecular weight excluding hydrogens is 216 g/mol. The first-order chi connectivity index (χ1) is 8.36. The fourth-order valence-electron chi connectivity index (χ4n) is 2.32. The van der Waals surface area contributed by atoms with Gasteiger partial charge in [-0.1, -0.05) is 12.8 Å². The number of hydrogen-bond donors (Lipinski definition) is 3. The molecular formula is C11H16N6. The zero-order valence-electron chi connectivity index (χ0n) is 9.82. The first kappa shape index (κ1) is 10.3. The molecule has 6 nitrogen and oxygen atoms in total. The molecule has 1 aliphatic rings. The molecule has 0 saturated heterocycles. The Bertz CT molecular complexity index is 514. The summed E-state index contributed by atoms with van der Waals surface area (Å²) in [6.07, 6.45) is 6.81. The third-order valence-corrected chi connectivity index (χ3v) is 3.23. The largest absolute Gasteiger partial charge is 0.367 e. The van der Waals surface area contributed by atoms with Crippen molar-refractivity contribution in [1.82, 2.24) is 20.2 Å². The van der Waals surface area contributed by atoms with E-state index < -0.39 is 0 Å². The van der Waals surface area contributed by atoms with Crippen molar-refractivity contribution in [2.75, 3.05) is 17.7 Å². The second kappa shape index (κ2) is 4.20. The highest BCUT2D eigenvalue weighted by atomic mass is 15.2. The summed E-state index contributed by atoms with van der Waals surface area (Å²) in [7, 11) is 1.82. The molecule has 2 heterocycles. The molecule has 90 valence electrons. The minimum Gasteiger partial charge on any atom is -0.367 e. The lowest BCUT2D eigenvalue weighted by Gasteiger charge is -2.13. The molecule has 0 spiro atoms. The quantitative estimate of drug-likeness (QED) is 0.751. The summed E-state index contributed by atoms with van der Waals surface area (Å²) >= 11 is 0. The van der Waals surface area contributed by atoms with Crippen LogP contribution in [-0.2, 0) is 0 Å². The average molecular weight is 232 g/mol. The predicted octanol–water partition coefficient (Wildman–Crippen LogP) is 1.75. The first-order valence-corrected chi connectivity index (χ1v) is 6.02. The van der Waals surface area contributed by atoms with Gasteiger partial charge in [-0.2, -0.15) is 15.1 Å². The number of nitrogens with one attached hydrogen (secondary N) is 3. The van der Waals surface area contributed by atoms with Gasteiger partial charge in [0.25, 0.3) is 0 Å². The Labute approximate surface area is 99.2 Å². The maximum Gasteiger partial charge on any atom is 0.226 e. The zero-order valence-corrected chi connectivity index (χ0v) is 9.82. The maximum absolute atomic E-state index is 4.46. The van der Waals surface area contributed by atoms with Crippen molar-refractivity contribution in [2.45, 2.75) is 31.7 Å². The molecule has 0 atom stereocenters. The monoisotopic (exact) mass is 232 g/mol. The van der Waals surface area contributed by atoms with Crippen LogP contribution in [0.15, 0.2) is 6.20 Å². The summed E-state index contributed by atoms with van der Waals surface area (Å²) in [6.45, 7) is 0. The fourth-order valence-corrected chi connectivity index (χ4v) is 2.32. The lowest BCUT2D eigenvalue weighted by atomic mass is 10.2. The normalized spacial score (nSPS) is 16.5. The number of nitrogens with zero attached hydrogens (tertiary/aromatic N) is 3. The highest BCUT2D eigenvalue weighted by Gasteiger charge is 2.17. The molecule has 1 fully saturated rings. The minimum absolute atomic E-state index is 0.535. The standard InChI is InChI=1S/C11H16N6/c1-12-11-15-9(14-7-4-2-3-5-7)8-6-13-17-10(8)16-11/h6-7H,2-5H2,1H3,(H3,12,13,14,15,16,17). The molecule has 17 heavy (non-hydrogen) atoms. The number of fused-ring (bicyclic) bond motifs is 1. The maximum atomic E-state index is 4.46. The van der Waals surface area contributed by atoms with E-state index in [1.807, 2.05) is 7.05 Å². The van der Waals surface area contributed by atoms with Gasteiger partial charge >= 0.3 is 0 Å². The van der Waals surface area contributed by atoms with Gasteiger partial charge in [-0.3, -0.25) is 5.10 Å². The Morgan fingerprint density at radius 3 is 2.88 bits per heavy atom. The van der Waals surface area contributed by atoms with Crippen LogP contribution in [0.25, 0.3) is 11.0 Å². The summed E-state index contributed by atoms with van der Waals surface area (Å²) in [6, 6.07) is 0.535. The fraction of sp³-hybridized carbons (Fsp3) is 0.545. The van der Waals surface area contributed by atoms with Crippen molar-refractivity contribution in [2.24, 2.45) is 0 Å². The molecule has 3 N–H and O–H groups in total. The molecule has 1 aliphatic carbocycles. The van der Waals surface area contributed by atoms with Gasteiger partial charge in [0, 0.05) is 13.1 Å². The number of rotatable bonds is 3. The van der Waals surface area contributed by atoms with Crippen molar-refractivity contribution in [3.8, 4) is 0 Å². The SMILES string of the molecule is CNc1nc(NC2CCCC2)c2cn[nH]c2n1. The smallest absolute Gasteiger partial charge is 0.226 e. The lowest BCUT2D eigenvalue weighted by molar-refractivity contribution is 0.752. The van der Waals surface area contributed by atoms with Crippen molar-refractivity contribution < 1.29 is 0 Å². The molecule has 0 radical (unpaired) electrons. The van der Waals surface area contributed by atoms with Crippen molar-refractivity contribution in [1.29, 1.82) is 0 Å². The van der Waals surface area contributed by atoms with Crippen LogP contribution in [0.4, 0.5) is 11.8 Å². The highest BCUT2D eigenvalue weighted by molar-refractivity contribution is 5.87. The molecule has 1 saturated carbocycles. The number of H-pyrrole nitrogens is 1. The van der Waals surface area contributed by atoms with Gasteiger partial charge in [0.15, 0.2) is 5.65 Å². The first-order valence-electron chi connectivity index (χ1n) is 6.02. The summed E-state index contributed by atoms with van der Waals surface area (Å²) in [5.41, 5.74) is 0.768. The molecule has 3 rings (SSSR count). The van der Waals surface area contributed by atoms with Gasteiger partial charge in [0.05, 0.1) is 11.6 Å². The number of hydrogen-bond acceptors (Lipinski definition) is 5. The molecule has 0 amide bonds. The Kier molecular flexibility index (Phi) is 2.55. The number of aromatic amines is 1. The van der Waals surface area contributed by atoms with Crippen molar-refractivity contribution in [3.63, 3.8) is 0 Å². The van der Waals surface area contributed by atoms with Crippen LogP contribution < -0.4 is 10.6 Å². The van der Waals surface area contributed by atoms with Crippen LogP contribution in [0, 0.1) is 0 Å². The van der Waals surface area contributed by atoms with E-state index in [9.17, 15) is 0 Å². The van der Waals surface area contributed by atoms with Gasteiger partial charge in [0.1, 0.15) is 5.82 Å². The van der Waals surface area contributed by atoms with E-state index in [1.165, 1.54) is 25.7 Å². The molecule has 2 aromatic rings. The second-order valence-electron chi connectivity index (χ2n) is 4.40. The molecule has 6 heteroatoms. The van der Waals surface area contributed by atoms with E-state index in [0.29, 0.717) is 12.0 Å². The van der Waals surface area contributed by atoms with E-state index >= 15 is 0 Å². The van der Waals surface area contributed by atoms with Crippen LogP contribution in [0.2, 0.25) is 0 Å². The Hall–Kier alpha value is -1.85. The van der Waals surface area contributed by atoms with Crippen LogP contribution in [0.5, 0.6) is 0 Å². The highest BCUT2D eigenvalue weighted by Crippen LogP contribution is 2.25. The summed E-state index contributed by atoms with van der Waals surface area (Å²) in [5.74, 6) is 1.49. The predicted molar refractivity (Wildman–Crippen MR) is 67.1 cm³/mol. The van der Waals surface area contributed by atoms with E-state index in [2.05, 4.69) is 30.8 Å². The van der Waals surface area contributed by atoms with E-state index in [1.54, 1.807) is 6.20 Å². The topological polar surface area (TPSA) is 78.5 Å². The van der Waals surface area contributed by atoms with Gasteiger partial charge in [0.2, 0.25) is 5.95 Å². The van der Waals surface area contributed by atoms with Gasteiger partial charge < -0.3 is 10.6 Å². The van der Waals surface area contributed by atoms with Crippen molar-refractivity contribution in [3.05, 3.63) is 6.20 Å². The summed E-state index contributed by atoms with van der Waals surface area (Å²) < 4.78 is 0. The third kappa shape index (κ3) is 1.90. The summed E-state index contributed by atoms with van der Waals surface area (Å²) in [5, 5.41) is 14.3. The minimum atomic E-state index is 0.535. The lowest BCUT2D eigenvalue weighted by Crippen LogP contribution is -2.16. The molecule has 0 aromatic carbocycles. The van der Waals surface area contributed by atoms with Crippen LogP contribution in [0.1, 0.15) is 25.7 Å². The molecule has 0 bridgehead atoms. The van der Waals surface area contributed by atoms with E-state index in [0.717, 1.165) is 16.9 Å². The van der Waals surface area contributed by atoms with E-state index in [4.69, 9.17) is 0 Å². The number of anilines is 2. The van der Waals surface area contributed by atoms with Crippen molar-refractivity contribution >= 4 is 22.8 Å². The molecule has 0 aliphatic heterocycles. The summed E-state index contributed by atoms with van der Waals surface area (Å²) in [4.78, 5) is 8.77. The zero-order chi connectivity index (χ0) is 11.7. The van der Waals surface area contributed by atoms with E-state index in [-0.39, 0.29) is 0 Å². The Morgan fingerprint density at radius 1 is 1.29 bits per heavy atom. The Morgan fingerprint density at radius 2 is 2.12 bits per heavy atom. The van der Waals surface area contributed by atoms with Crippen LogP contribution >= 0.6 is 0 Å². The average Bonchev–Trinajstić information content (AvgIpc) is 2.98. The Balaban J connectivity index is 1.97. The molecule has 0 unspecified atom stereocenters. The molecule has 2 aromatic heterocycles. The second-order valence-corrected chi connectivity index (χ2v) is 4.40.